The quantitative estimate of drug-likeness (QED) is 0.613. The van der Waals surface area contributed by atoms with Crippen molar-refractivity contribution in [1.82, 2.24) is 10.0 Å². The van der Waals surface area contributed by atoms with Gasteiger partial charge in [-0.05, 0) is 44.2 Å². The lowest BCUT2D eigenvalue weighted by molar-refractivity contribution is 0.0270. The monoisotopic (exact) mass is 351 g/mol. The Morgan fingerprint density at radius 2 is 2.08 bits per heavy atom. The number of aryl methyl sites for hydroxylation is 2. The molecule has 1 saturated carbocycles. The van der Waals surface area contributed by atoms with E-state index in [-0.39, 0.29) is 11.5 Å². The van der Waals surface area contributed by atoms with Crippen LogP contribution in [0, 0.1) is 19.8 Å². The first-order valence-corrected chi connectivity index (χ1v) is 8.62. The normalized spacial score (nSPS) is 13.5. The van der Waals surface area contributed by atoms with Crippen molar-refractivity contribution < 1.29 is 9.63 Å². The van der Waals surface area contributed by atoms with Crippen LogP contribution in [0.1, 0.15) is 34.3 Å². The molecule has 3 rings (SSSR count). The van der Waals surface area contributed by atoms with Crippen LogP contribution in [0.3, 0.4) is 0 Å². The Morgan fingerprint density at radius 1 is 1.35 bits per heavy atom. The van der Waals surface area contributed by atoms with Gasteiger partial charge in [0.15, 0.2) is 0 Å². The van der Waals surface area contributed by atoms with Crippen LogP contribution >= 0.6 is 0 Å². The van der Waals surface area contributed by atoms with Gasteiger partial charge in [0.05, 0.1) is 17.9 Å². The highest BCUT2D eigenvalue weighted by atomic mass is 16.7. The van der Waals surface area contributed by atoms with Crippen LogP contribution in [0.4, 0.5) is 11.4 Å². The number of rotatable bonds is 6. The number of amides is 1. The van der Waals surface area contributed by atoms with Gasteiger partial charge in [0.1, 0.15) is 7.85 Å². The Hall–Kier alpha value is -2.54. The van der Waals surface area contributed by atoms with Crippen LogP contribution in [-0.4, -0.2) is 24.9 Å². The number of anilines is 2. The minimum Gasteiger partial charge on any atom is -0.354 e. The van der Waals surface area contributed by atoms with Crippen LogP contribution in [0.15, 0.2) is 29.2 Å². The van der Waals surface area contributed by atoms with Crippen molar-refractivity contribution >= 4 is 30.6 Å². The number of nitrogens with zero attached hydrogens (tertiary/aromatic N) is 1. The summed E-state index contributed by atoms with van der Waals surface area (Å²) in [5, 5.41) is 3.21. The number of benzene rings is 1. The van der Waals surface area contributed by atoms with Gasteiger partial charge < -0.3 is 9.88 Å². The van der Waals surface area contributed by atoms with E-state index in [0.29, 0.717) is 34.8 Å². The van der Waals surface area contributed by atoms with E-state index in [1.165, 1.54) is 10.8 Å². The molecule has 1 aromatic heterocycles. The van der Waals surface area contributed by atoms with Gasteiger partial charge in [-0.25, -0.2) is 5.48 Å². The molecule has 7 heteroatoms. The third-order valence-electron chi connectivity index (χ3n) is 4.54. The molecular formula is C19H22BN3O3. The summed E-state index contributed by atoms with van der Waals surface area (Å²) in [7, 11) is 7.42. The summed E-state index contributed by atoms with van der Waals surface area (Å²) in [6.45, 7) is 4.11. The number of hydrogen-bond acceptors (Lipinski definition) is 4. The van der Waals surface area contributed by atoms with Crippen molar-refractivity contribution in [3.63, 3.8) is 0 Å². The maximum Gasteiger partial charge on any atom is 0.278 e. The minimum atomic E-state index is -0.389. The number of hydrogen-bond donors (Lipinski definition) is 2. The lowest BCUT2D eigenvalue weighted by atomic mass is 9.94. The molecule has 2 radical (unpaired) electrons. The zero-order chi connectivity index (χ0) is 18.8. The highest BCUT2D eigenvalue weighted by Crippen LogP contribution is 2.28. The number of carbonyl (C=O) groups excluding carboxylic acids is 1. The van der Waals surface area contributed by atoms with Crippen molar-refractivity contribution in [3.05, 3.63) is 51.4 Å². The van der Waals surface area contributed by atoms with E-state index < -0.39 is 0 Å². The summed E-state index contributed by atoms with van der Waals surface area (Å²) < 4.78 is 1.39. The van der Waals surface area contributed by atoms with Gasteiger partial charge in [-0.15, -0.1) is 0 Å². The van der Waals surface area contributed by atoms with Crippen LogP contribution in [-0.2, 0) is 11.9 Å². The van der Waals surface area contributed by atoms with Crippen LogP contribution in [0.25, 0.3) is 0 Å². The van der Waals surface area contributed by atoms with E-state index in [1.54, 1.807) is 20.0 Å². The third-order valence-corrected chi connectivity index (χ3v) is 4.54. The summed E-state index contributed by atoms with van der Waals surface area (Å²) in [6, 6.07) is 5.42. The number of pyridine rings is 1. The Morgan fingerprint density at radius 3 is 2.73 bits per heavy atom. The molecule has 0 aliphatic heterocycles. The molecule has 0 atom stereocenters. The molecule has 1 aliphatic rings. The molecule has 0 saturated heterocycles. The van der Waals surface area contributed by atoms with Gasteiger partial charge in [0.2, 0.25) is 0 Å². The summed E-state index contributed by atoms with van der Waals surface area (Å²) in [5.41, 5.74) is 5.93. The van der Waals surface area contributed by atoms with E-state index in [0.717, 1.165) is 24.1 Å². The molecule has 2 aromatic rings. The van der Waals surface area contributed by atoms with Gasteiger partial charge in [0, 0.05) is 24.5 Å². The maximum absolute atomic E-state index is 12.6. The number of nitrogens with one attached hydrogen (secondary N) is 2. The van der Waals surface area contributed by atoms with Crippen molar-refractivity contribution in [3.8, 4) is 0 Å². The van der Waals surface area contributed by atoms with Crippen LogP contribution in [0.2, 0.25) is 0 Å². The molecule has 0 unspecified atom stereocenters. The third kappa shape index (κ3) is 3.99. The fourth-order valence-corrected chi connectivity index (χ4v) is 2.75. The summed E-state index contributed by atoms with van der Waals surface area (Å²) in [4.78, 5) is 30.2. The molecule has 134 valence electrons. The van der Waals surface area contributed by atoms with Gasteiger partial charge in [-0.2, -0.15) is 0 Å². The Balaban J connectivity index is 1.92. The molecular weight excluding hydrogens is 329 g/mol. The smallest absolute Gasteiger partial charge is 0.278 e. The van der Waals surface area contributed by atoms with Gasteiger partial charge >= 0.3 is 0 Å². The Labute approximate surface area is 153 Å². The Bertz CT molecular complexity index is 904. The molecule has 6 nitrogen and oxygen atoms in total. The zero-order valence-corrected chi connectivity index (χ0v) is 15.3. The molecule has 0 spiro atoms. The Kier molecular flexibility index (Phi) is 5.18. The van der Waals surface area contributed by atoms with E-state index in [9.17, 15) is 9.59 Å². The van der Waals surface area contributed by atoms with Crippen molar-refractivity contribution in [2.75, 3.05) is 11.9 Å². The molecule has 1 fully saturated rings. The maximum atomic E-state index is 12.6. The van der Waals surface area contributed by atoms with Gasteiger partial charge in [0.25, 0.3) is 11.5 Å². The first-order chi connectivity index (χ1) is 12.4. The lowest BCUT2D eigenvalue weighted by Crippen LogP contribution is -2.29. The predicted octanol–water partition coefficient (Wildman–Crippen LogP) is 1.61. The summed E-state index contributed by atoms with van der Waals surface area (Å²) in [5.74, 6) is 0.145. The SMILES string of the molecule is [B]c1ccc(Nc2c(C(=O)NOCC3CC3)cn(C)c(=O)c2C)c(C)c1. The standard InChI is InChI=1S/C19H22BN3O3/c1-11-8-14(20)6-7-16(11)21-17-12(2)19(25)23(3)9-15(17)18(24)22-26-10-13-4-5-13/h6-9,13,21H,4-5,10H2,1-3H3,(H,22,24). The summed E-state index contributed by atoms with van der Waals surface area (Å²) in [6.07, 6.45) is 3.79. The molecule has 1 aromatic carbocycles. The van der Waals surface area contributed by atoms with Crippen LogP contribution in [0.5, 0.6) is 0 Å². The first kappa shape index (κ1) is 18.3. The molecule has 1 amide bonds. The average Bonchev–Trinajstić information content (AvgIpc) is 3.41. The van der Waals surface area contributed by atoms with Crippen molar-refractivity contribution in [2.24, 2.45) is 13.0 Å². The highest BCUT2D eigenvalue weighted by molar-refractivity contribution is 6.32. The molecule has 2 N–H and O–H groups in total. The van der Waals surface area contributed by atoms with E-state index in [4.69, 9.17) is 12.7 Å². The van der Waals surface area contributed by atoms with Gasteiger partial charge in [-0.3, -0.25) is 14.4 Å². The largest absolute Gasteiger partial charge is 0.354 e. The lowest BCUT2D eigenvalue weighted by Gasteiger charge is -2.17. The van der Waals surface area contributed by atoms with E-state index in [2.05, 4.69) is 10.8 Å². The highest BCUT2D eigenvalue weighted by Gasteiger charge is 2.23. The van der Waals surface area contributed by atoms with Crippen molar-refractivity contribution in [1.29, 1.82) is 0 Å². The predicted molar refractivity (Wildman–Crippen MR) is 102 cm³/mol. The molecule has 26 heavy (non-hydrogen) atoms. The number of carbonyl (C=O) groups is 1. The second-order valence-electron chi connectivity index (χ2n) is 6.84. The summed E-state index contributed by atoms with van der Waals surface area (Å²) >= 11 is 0. The fraction of sp³-hybridized carbons (Fsp3) is 0.368. The molecule has 0 bridgehead atoms. The van der Waals surface area contributed by atoms with E-state index >= 15 is 0 Å². The molecule has 1 heterocycles. The number of aromatic nitrogens is 1. The zero-order valence-electron chi connectivity index (χ0n) is 15.3. The van der Waals surface area contributed by atoms with E-state index in [1.807, 2.05) is 19.1 Å². The second-order valence-corrected chi connectivity index (χ2v) is 6.84. The van der Waals surface area contributed by atoms with Gasteiger partial charge in [-0.1, -0.05) is 17.6 Å². The fourth-order valence-electron chi connectivity index (χ4n) is 2.75. The average molecular weight is 351 g/mol. The topological polar surface area (TPSA) is 72.4 Å². The first-order valence-electron chi connectivity index (χ1n) is 8.62. The second kappa shape index (κ2) is 7.37. The minimum absolute atomic E-state index is 0.170. The van der Waals surface area contributed by atoms with Crippen LogP contribution < -0.4 is 21.8 Å². The number of hydroxylamine groups is 1. The van der Waals surface area contributed by atoms with Crippen molar-refractivity contribution in [2.45, 2.75) is 26.7 Å². The molecule has 1 aliphatic carbocycles.